The molecule has 8 heteroatoms. The van der Waals surface area contributed by atoms with Gasteiger partial charge in [0.05, 0.1) is 7.05 Å². The van der Waals surface area contributed by atoms with E-state index in [4.69, 9.17) is 12.2 Å². The first-order valence-electron chi connectivity index (χ1n) is 8.80. The Labute approximate surface area is 164 Å². The number of anilines is 2. The average Bonchev–Trinajstić information content (AvgIpc) is 2.86. The van der Waals surface area contributed by atoms with Gasteiger partial charge in [-0.15, -0.1) is 5.10 Å². The van der Waals surface area contributed by atoms with Crippen molar-refractivity contribution in [1.82, 2.24) is 15.1 Å². The summed E-state index contributed by atoms with van der Waals surface area (Å²) < 4.78 is 2.46. The van der Waals surface area contributed by atoms with Crippen molar-refractivity contribution < 1.29 is 9.69 Å². The van der Waals surface area contributed by atoms with E-state index >= 15 is 0 Å². The molecule has 0 fully saturated rings. The number of amides is 1. The lowest BCUT2D eigenvalue weighted by Gasteiger charge is -2.14. The minimum absolute atomic E-state index is 0.0304. The van der Waals surface area contributed by atoms with E-state index in [2.05, 4.69) is 53.8 Å². The van der Waals surface area contributed by atoms with E-state index in [-0.39, 0.29) is 11.9 Å². The summed E-state index contributed by atoms with van der Waals surface area (Å²) >= 11 is 6.84. The average molecular weight is 395 g/mol. The molecule has 1 unspecified atom stereocenters. The number of carbonyl (C=O) groups is 1. The van der Waals surface area contributed by atoms with Gasteiger partial charge in [-0.05, 0) is 49.7 Å². The van der Waals surface area contributed by atoms with E-state index in [0.717, 1.165) is 15.7 Å². The summed E-state index contributed by atoms with van der Waals surface area (Å²) in [6.45, 7) is 9.20. The second-order valence-corrected chi connectivity index (χ2v) is 8.71. The number of hydrogen-bond donors (Lipinski definition) is 3. The Morgan fingerprint density at radius 1 is 1.27 bits per heavy atom. The van der Waals surface area contributed by atoms with E-state index < -0.39 is 0 Å². The van der Waals surface area contributed by atoms with E-state index in [1.165, 1.54) is 16.9 Å². The fourth-order valence-corrected chi connectivity index (χ4v) is 3.52. The van der Waals surface area contributed by atoms with Crippen LogP contribution in [0.4, 0.5) is 10.8 Å². The third-order valence-electron chi connectivity index (χ3n) is 3.77. The number of nitrogens with zero attached hydrogens (tertiary/aromatic N) is 2. The van der Waals surface area contributed by atoms with Gasteiger partial charge in [0.2, 0.25) is 5.13 Å². The molecule has 0 saturated carbocycles. The van der Waals surface area contributed by atoms with Gasteiger partial charge in [0, 0.05) is 11.7 Å². The fourth-order valence-electron chi connectivity index (χ4n) is 2.49. The van der Waals surface area contributed by atoms with Crippen LogP contribution >= 0.6 is 23.6 Å². The van der Waals surface area contributed by atoms with Gasteiger partial charge in [-0.25, -0.2) is 0 Å². The van der Waals surface area contributed by atoms with Crippen LogP contribution in [0.5, 0.6) is 0 Å². The van der Waals surface area contributed by atoms with Crippen molar-refractivity contribution in [2.24, 2.45) is 0 Å². The highest BCUT2D eigenvalue weighted by atomic mass is 32.1. The quantitative estimate of drug-likeness (QED) is 0.602. The van der Waals surface area contributed by atoms with Crippen LogP contribution in [0.2, 0.25) is 0 Å². The number of nitrogens with one attached hydrogen (secondary N) is 3. The van der Waals surface area contributed by atoms with Gasteiger partial charge >= 0.3 is 0 Å². The Morgan fingerprint density at radius 2 is 1.92 bits per heavy atom. The van der Waals surface area contributed by atoms with Crippen molar-refractivity contribution in [3.8, 4) is 0 Å². The second-order valence-electron chi connectivity index (χ2n) is 7.09. The van der Waals surface area contributed by atoms with Crippen molar-refractivity contribution >= 4 is 40.3 Å². The minimum Gasteiger partial charge on any atom is -0.349 e. The summed E-state index contributed by atoms with van der Waals surface area (Å²) in [6, 6.07) is 8.49. The van der Waals surface area contributed by atoms with Crippen molar-refractivity contribution in [2.75, 3.05) is 18.9 Å². The Kier molecular flexibility index (Phi) is 7.31. The first-order chi connectivity index (χ1) is 12.2. The number of benzene rings is 1. The maximum absolute atomic E-state index is 11.9. The Bertz CT molecular complexity index is 780. The molecule has 0 aliphatic rings. The van der Waals surface area contributed by atoms with Crippen molar-refractivity contribution in [1.29, 1.82) is 0 Å². The van der Waals surface area contributed by atoms with E-state index in [1.807, 2.05) is 20.9 Å². The molecule has 0 bridgehead atoms. The number of quaternary nitrogens is 1. The highest BCUT2D eigenvalue weighted by molar-refractivity contribution is 7.73. The third-order valence-corrected chi connectivity index (χ3v) is 4.99. The smallest absolute Gasteiger partial charge is 0.275 e. The van der Waals surface area contributed by atoms with Gasteiger partial charge in [0.1, 0.15) is 0 Å². The monoisotopic (exact) mass is 394 g/mol. The zero-order valence-electron chi connectivity index (χ0n) is 16.0. The third kappa shape index (κ3) is 6.19. The maximum Gasteiger partial charge on any atom is 0.275 e. The summed E-state index contributed by atoms with van der Waals surface area (Å²) in [7, 11) is 1.96. The summed E-state index contributed by atoms with van der Waals surface area (Å²) in [5, 5.41) is 11.5. The predicted octanol–water partition coefficient (Wildman–Crippen LogP) is 2.54. The Hall–Kier alpha value is -1.77. The van der Waals surface area contributed by atoms with Crippen molar-refractivity contribution in [2.45, 2.75) is 46.3 Å². The first-order valence-corrected chi connectivity index (χ1v) is 10.0. The molecule has 0 saturated heterocycles. The molecule has 1 aromatic heterocycles. The van der Waals surface area contributed by atoms with Crippen LogP contribution in [0.25, 0.3) is 0 Å². The van der Waals surface area contributed by atoms with E-state index in [9.17, 15) is 4.79 Å². The predicted molar refractivity (Wildman–Crippen MR) is 110 cm³/mol. The largest absolute Gasteiger partial charge is 0.349 e. The molecule has 1 amide bonds. The second kappa shape index (κ2) is 9.25. The number of carbonyl (C=O) groups excluding carboxylic acids is 1. The van der Waals surface area contributed by atoms with Gasteiger partial charge < -0.3 is 15.5 Å². The highest BCUT2D eigenvalue weighted by Gasteiger charge is 2.13. The molecule has 0 spiro atoms. The van der Waals surface area contributed by atoms with Crippen LogP contribution in [0.1, 0.15) is 39.2 Å². The van der Waals surface area contributed by atoms with Gasteiger partial charge in [0.25, 0.3) is 5.91 Å². The number of aromatic nitrogens is 2. The maximum atomic E-state index is 11.9. The molecule has 142 valence electrons. The standard InChI is InChI=1S/C18H27N5OS2/c1-12(2)14-6-8-15(9-7-14)20-17-21-23(18(25)26-17)11-22(5)10-16(24)19-13(3)4/h6-9,12-13H,10-11H2,1-5H3,(H,19,24)(H,20,21)/p+1. The molecule has 3 N–H and O–H groups in total. The van der Waals surface area contributed by atoms with Crippen molar-refractivity contribution in [3.05, 3.63) is 33.8 Å². The molecule has 1 atom stereocenters. The zero-order chi connectivity index (χ0) is 19.3. The molecule has 1 aromatic carbocycles. The lowest BCUT2D eigenvalue weighted by atomic mass is 10.0. The molecular weight excluding hydrogens is 366 g/mol. The van der Waals surface area contributed by atoms with Gasteiger partial charge in [-0.1, -0.05) is 37.3 Å². The van der Waals surface area contributed by atoms with Crippen LogP contribution in [-0.2, 0) is 11.5 Å². The summed E-state index contributed by atoms with van der Waals surface area (Å²) in [5.74, 6) is 0.541. The molecule has 1 heterocycles. The number of likely N-dealkylation sites (N-methyl/N-ethyl adjacent to an activating group) is 1. The lowest BCUT2D eigenvalue weighted by Crippen LogP contribution is -3.09. The Morgan fingerprint density at radius 3 is 2.50 bits per heavy atom. The Balaban J connectivity index is 1.97. The van der Waals surface area contributed by atoms with Crippen LogP contribution in [0, 0.1) is 3.95 Å². The van der Waals surface area contributed by atoms with Gasteiger partial charge in [0.15, 0.2) is 17.2 Å². The van der Waals surface area contributed by atoms with Crippen molar-refractivity contribution in [3.63, 3.8) is 0 Å². The van der Waals surface area contributed by atoms with Crippen LogP contribution in [0.15, 0.2) is 24.3 Å². The normalized spacial score (nSPS) is 12.4. The molecule has 0 aliphatic carbocycles. The van der Waals surface area contributed by atoms with E-state index in [1.54, 1.807) is 4.68 Å². The minimum atomic E-state index is 0.0304. The zero-order valence-corrected chi connectivity index (χ0v) is 17.6. The molecular formula is C18H28N5OS2+. The number of hydrogen-bond acceptors (Lipinski definition) is 5. The molecule has 0 radical (unpaired) electrons. The van der Waals surface area contributed by atoms with Crippen LogP contribution < -0.4 is 15.5 Å². The fraction of sp³-hybridized carbons (Fsp3) is 0.500. The highest BCUT2D eigenvalue weighted by Crippen LogP contribution is 2.22. The van der Waals surface area contributed by atoms with Crippen LogP contribution in [0.3, 0.4) is 0 Å². The molecule has 0 aliphatic heterocycles. The molecule has 26 heavy (non-hydrogen) atoms. The topological polar surface area (TPSA) is 63.4 Å². The summed E-state index contributed by atoms with van der Waals surface area (Å²) in [5.41, 5.74) is 2.29. The number of rotatable bonds is 8. The molecule has 2 aromatic rings. The molecule has 2 rings (SSSR count). The summed E-state index contributed by atoms with van der Waals surface area (Å²) in [4.78, 5) is 12.9. The van der Waals surface area contributed by atoms with E-state index in [0.29, 0.717) is 23.1 Å². The first kappa shape index (κ1) is 20.5. The lowest BCUT2D eigenvalue weighted by molar-refractivity contribution is -0.895. The molecule has 6 nitrogen and oxygen atoms in total. The summed E-state index contributed by atoms with van der Waals surface area (Å²) in [6.07, 6.45) is 0. The SMILES string of the molecule is CC(C)NC(=O)C[NH+](C)Cn1nc(Nc2ccc(C(C)C)cc2)sc1=S. The van der Waals surface area contributed by atoms with Gasteiger partial charge in [-0.3, -0.25) is 4.79 Å². The van der Waals surface area contributed by atoms with Gasteiger partial charge in [-0.2, -0.15) is 4.68 Å². The van der Waals surface area contributed by atoms with Crippen LogP contribution in [-0.4, -0.2) is 35.3 Å².